The largest absolute Gasteiger partial charge is 0.456 e. The van der Waals surface area contributed by atoms with Gasteiger partial charge < -0.3 is 8.83 Å². The SMILES string of the molecule is c1ccc(-c2nc(-c3ccc4oc5ccccc5c4c3)nc(-c3cccc4oc5ccc(-c6nc7ccccc7s6)cc5c34)n2)cc1. The fraction of sp³-hybridized carbons (Fsp3) is 0. The Kier molecular flexibility index (Phi) is 5.64. The Balaban J connectivity index is 1.19. The van der Waals surface area contributed by atoms with Crippen LogP contribution >= 0.6 is 11.3 Å². The minimum absolute atomic E-state index is 0.574. The number of fused-ring (bicyclic) bond motifs is 7. The summed E-state index contributed by atoms with van der Waals surface area (Å²) in [4.78, 5) is 20.1. The molecule has 4 heterocycles. The molecule has 47 heavy (non-hydrogen) atoms. The summed E-state index contributed by atoms with van der Waals surface area (Å²) in [5, 5.41) is 4.99. The molecule has 7 heteroatoms. The lowest BCUT2D eigenvalue weighted by Crippen LogP contribution is -2.00. The first-order chi connectivity index (χ1) is 23.2. The van der Waals surface area contributed by atoms with Gasteiger partial charge in [-0.25, -0.2) is 19.9 Å². The predicted octanol–water partition coefficient (Wildman–Crippen LogP) is 10.9. The van der Waals surface area contributed by atoms with Gasteiger partial charge in [0, 0.05) is 43.8 Å². The first-order valence-corrected chi connectivity index (χ1v) is 16.1. The number of furan rings is 2. The lowest BCUT2D eigenvalue weighted by atomic mass is 10.0. The van der Waals surface area contributed by atoms with Crippen LogP contribution in [0.2, 0.25) is 0 Å². The number of thiazole rings is 1. The van der Waals surface area contributed by atoms with Crippen LogP contribution in [0.4, 0.5) is 0 Å². The maximum atomic E-state index is 6.38. The van der Waals surface area contributed by atoms with Crippen LogP contribution < -0.4 is 0 Å². The van der Waals surface area contributed by atoms with Crippen LogP contribution in [0.1, 0.15) is 0 Å². The fourth-order valence-electron chi connectivity index (χ4n) is 6.35. The Labute approximate surface area is 271 Å². The second-order valence-corrected chi connectivity index (χ2v) is 12.5. The Bertz CT molecular complexity index is 2780. The van der Waals surface area contributed by atoms with Gasteiger partial charge >= 0.3 is 0 Å². The van der Waals surface area contributed by atoms with E-state index in [-0.39, 0.29) is 0 Å². The van der Waals surface area contributed by atoms with E-state index in [1.165, 1.54) is 0 Å². The van der Waals surface area contributed by atoms with Crippen molar-refractivity contribution in [3.05, 3.63) is 133 Å². The van der Waals surface area contributed by atoms with E-state index < -0.39 is 0 Å². The van der Waals surface area contributed by atoms with E-state index in [9.17, 15) is 0 Å². The van der Waals surface area contributed by atoms with E-state index in [1.54, 1.807) is 11.3 Å². The molecular formula is C40H22N4O2S. The van der Waals surface area contributed by atoms with Crippen molar-refractivity contribution in [1.29, 1.82) is 0 Å². The average molecular weight is 623 g/mol. The van der Waals surface area contributed by atoms with Gasteiger partial charge in [-0.1, -0.05) is 72.8 Å². The summed E-state index contributed by atoms with van der Waals surface area (Å²) in [6.45, 7) is 0. The molecule has 0 aliphatic rings. The lowest BCUT2D eigenvalue weighted by molar-refractivity contribution is 0.668. The van der Waals surface area contributed by atoms with Crippen molar-refractivity contribution in [1.82, 2.24) is 19.9 Å². The molecule has 0 aliphatic carbocycles. The van der Waals surface area contributed by atoms with Crippen LogP contribution in [0, 0.1) is 0 Å². The lowest BCUT2D eigenvalue weighted by Gasteiger charge is -2.09. The second-order valence-electron chi connectivity index (χ2n) is 11.5. The average Bonchev–Trinajstić information content (AvgIpc) is 3.84. The summed E-state index contributed by atoms with van der Waals surface area (Å²) >= 11 is 1.69. The monoisotopic (exact) mass is 622 g/mol. The summed E-state index contributed by atoms with van der Waals surface area (Å²) in [5.74, 6) is 1.76. The molecule has 0 unspecified atom stereocenters. The number of nitrogens with zero attached hydrogens (tertiary/aromatic N) is 4. The first-order valence-electron chi connectivity index (χ1n) is 15.3. The second kappa shape index (κ2) is 10.2. The molecule has 0 fully saturated rings. The highest BCUT2D eigenvalue weighted by Gasteiger charge is 2.19. The van der Waals surface area contributed by atoms with E-state index in [0.717, 1.165) is 81.4 Å². The van der Waals surface area contributed by atoms with Crippen LogP contribution in [0.25, 0.3) is 98.8 Å². The van der Waals surface area contributed by atoms with Crippen molar-refractivity contribution >= 4 is 65.4 Å². The van der Waals surface area contributed by atoms with Crippen molar-refractivity contribution in [3.8, 4) is 44.7 Å². The quantitative estimate of drug-likeness (QED) is 0.194. The highest BCUT2D eigenvalue weighted by molar-refractivity contribution is 7.21. The normalized spacial score (nSPS) is 11.8. The molecule has 10 aromatic rings. The number of rotatable bonds is 4. The summed E-state index contributed by atoms with van der Waals surface area (Å²) in [7, 11) is 0. The number of aromatic nitrogens is 4. The molecule has 6 nitrogen and oxygen atoms in total. The summed E-state index contributed by atoms with van der Waals surface area (Å²) in [5.41, 5.74) is 7.95. The van der Waals surface area contributed by atoms with Gasteiger partial charge in [0.1, 0.15) is 27.3 Å². The number of benzene rings is 6. The van der Waals surface area contributed by atoms with Crippen LogP contribution in [-0.2, 0) is 0 Å². The third kappa shape index (κ3) is 4.25. The Morgan fingerprint density at radius 2 is 1.09 bits per heavy atom. The van der Waals surface area contributed by atoms with Gasteiger partial charge in [0.25, 0.3) is 0 Å². The van der Waals surface area contributed by atoms with Crippen molar-refractivity contribution < 1.29 is 8.83 Å². The highest BCUT2D eigenvalue weighted by atomic mass is 32.1. The Hall–Kier alpha value is -6.18. The minimum Gasteiger partial charge on any atom is -0.456 e. The van der Waals surface area contributed by atoms with Gasteiger partial charge in [-0.05, 0) is 60.7 Å². The fourth-order valence-corrected chi connectivity index (χ4v) is 7.31. The molecule has 0 radical (unpaired) electrons. The first kappa shape index (κ1) is 26.1. The minimum atomic E-state index is 0.574. The number of para-hydroxylation sites is 2. The van der Waals surface area contributed by atoms with Crippen LogP contribution in [-0.4, -0.2) is 19.9 Å². The molecule has 0 amide bonds. The molecule has 220 valence electrons. The molecular weight excluding hydrogens is 601 g/mol. The number of hydrogen-bond donors (Lipinski definition) is 0. The van der Waals surface area contributed by atoms with Gasteiger partial charge in [0.05, 0.1) is 10.2 Å². The maximum Gasteiger partial charge on any atom is 0.164 e. The smallest absolute Gasteiger partial charge is 0.164 e. The molecule has 0 aliphatic heterocycles. The van der Waals surface area contributed by atoms with Crippen LogP contribution in [0.3, 0.4) is 0 Å². The van der Waals surface area contributed by atoms with Gasteiger partial charge in [-0.2, -0.15) is 0 Å². The van der Waals surface area contributed by atoms with E-state index in [0.29, 0.717) is 17.5 Å². The van der Waals surface area contributed by atoms with Crippen LogP contribution in [0.5, 0.6) is 0 Å². The zero-order chi connectivity index (χ0) is 30.9. The molecule has 0 atom stereocenters. The summed E-state index contributed by atoms with van der Waals surface area (Å²) < 4.78 is 13.6. The van der Waals surface area contributed by atoms with Crippen LogP contribution in [0.15, 0.2) is 142 Å². The zero-order valence-electron chi connectivity index (χ0n) is 24.7. The molecule has 0 saturated carbocycles. The van der Waals surface area contributed by atoms with Gasteiger partial charge in [0.2, 0.25) is 0 Å². The molecule has 0 saturated heterocycles. The van der Waals surface area contributed by atoms with Gasteiger partial charge in [-0.3, -0.25) is 0 Å². The predicted molar refractivity (Wildman–Crippen MR) is 189 cm³/mol. The van der Waals surface area contributed by atoms with E-state index >= 15 is 0 Å². The van der Waals surface area contributed by atoms with E-state index in [2.05, 4.69) is 42.5 Å². The molecule has 4 aromatic heterocycles. The molecule has 0 bridgehead atoms. The zero-order valence-corrected chi connectivity index (χ0v) is 25.5. The molecule has 0 N–H and O–H groups in total. The maximum absolute atomic E-state index is 6.38. The third-order valence-electron chi connectivity index (χ3n) is 8.58. The highest BCUT2D eigenvalue weighted by Crippen LogP contribution is 2.40. The van der Waals surface area contributed by atoms with Crippen molar-refractivity contribution in [2.75, 3.05) is 0 Å². The standard InChI is InChI=1S/C40H22N4O2S/c1-2-9-23(10-3-1)37-42-38(24-17-19-32-28(21-24)26-11-4-6-14-31(26)45-32)44-39(43-37)27-12-8-15-34-36(27)29-22-25(18-20-33(29)46-34)40-41-30-13-5-7-16-35(30)47-40/h1-22H. The number of hydrogen-bond acceptors (Lipinski definition) is 7. The summed E-state index contributed by atoms with van der Waals surface area (Å²) in [6.07, 6.45) is 0. The Morgan fingerprint density at radius 3 is 1.98 bits per heavy atom. The van der Waals surface area contributed by atoms with Crippen molar-refractivity contribution in [2.45, 2.75) is 0 Å². The van der Waals surface area contributed by atoms with Gasteiger partial charge in [0.15, 0.2) is 17.5 Å². The Morgan fingerprint density at radius 1 is 0.426 bits per heavy atom. The summed E-state index contributed by atoms with van der Waals surface area (Å²) in [6, 6.07) is 44.7. The molecule has 10 rings (SSSR count). The van der Waals surface area contributed by atoms with Crippen molar-refractivity contribution in [2.24, 2.45) is 0 Å². The van der Waals surface area contributed by atoms with Crippen molar-refractivity contribution in [3.63, 3.8) is 0 Å². The molecule has 6 aromatic carbocycles. The third-order valence-corrected chi connectivity index (χ3v) is 9.66. The van der Waals surface area contributed by atoms with E-state index in [1.807, 2.05) is 91.0 Å². The topological polar surface area (TPSA) is 77.8 Å². The molecule has 0 spiro atoms. The van der Waals surface area contributed by atoms with Gasteiger partial charge in [-0.15, -0.1) is 11.3 Å². The van der Waals surface area contributed by atoms with E-state index in [4.69, 9.17) is 28.8 Å².